The predicted molar refractivity (Wildman–Crippen MR) is 96.6 cm³/mol. The molecule has 0 heterocycles. The summed E-state index contributed by atoms with van der Waals surface area (Å²) in [6, 6.07) is 7.99. The first kappa shape index (κ1) is 21.5. The van der Waals surface area contributed by atoms with Crippen molar-refractivity contribution in [1.29, 1.82) is 0 Å². The third-order valence-electron chi connectivity index (χ3n) is 3.34. The van der Waals surface area contributed by atoms with E-state index in [0.717, 1.165) is 61.0 Å². The molecule has 0 bridgehead atoms. The molecule has 0 amide bonds. The zero-order chi connectivity index (χ0) is 20.7. The van der Waals surface area contributed by atoms with Gasteiger partial charge in [0.1, 0.15) is 0 Å². The Morgan fingerprint density at radius 2 is 0.704 bits per heavy atom. The number of hydrogen-bond acceptors (Lipinski definition) is 8. The smallest absolute Gasteiger partial charge is 0.224 e. The molecule has 0 unspecified atom stereocenters. The summed E-state index contributed by atoms with van der Waals surface area (Å²) >= 11 is 0. The molecule has 2 aromatic carbocycles. The maximum Gasteiger partial charge on any atom is 0.253 e. The highest BCUT2D eigenvalue weighted by atomic mass is 32.3. The van der Waals surface area contributed by atoms with Crippen LogP contribution in [-0.4, -0.2) is 46.2 Å². The van der Waals surface area contributed by atoms with Gasteiger partial charge in [0.25, 0.3) is 20.0 Å². The first-order chi connectivity index (χ1) is 12.1. The highest BCUT2D eigenvalue weighted by Gasteiger charge is 2.25. The van der Waals surface area contributed by atoms with Gasteiger partial charge in [-0.1, -0.05) is 0 Å². The zero-order valence-corrected chi connectivity index (χ0v) is 17.3. The summed E-state index contributed by atoms with van der Waals surface area (Å²) in [6.07, 6.45) is 1.89. The van der Waals surface area contributed by atoms with Crippen molar-refractivity contribution in [2.75, 3.05) is 12.5 Å². The molecule has 0 radical (unpaired) electrons. The van der Waals surface area contributed by atoms with Crippen molar-refractivity contribution < 1.29 is 33.7 Å². The lowest BCUT2D eigenvalue weighted by Crippen LogP contribution is -2.30. The lowest BCUT2D eigenvalue weighted by molar-refractivity contribution is 0.575. The maximum absolute atomic E-state index is 12.3. The van der Waals surface area contributed by atoms with E-state index in [4.69, 9.17) is 0 Å². The van der Waals surface area contributed by atoms with Gasteiger partial charge in [-0.25, -0.2) is 33.7 Å². The molecule has 0 fully saturated rings. The minimum atomic E-state index is -4.52. The fourth-order valence-corrected chi connectivity index (χ4v) is 6.15. The second kappa shape index (κ2) is 6.98. The zero-order valence-electron chi connectivity index (χ0n) is 14.0. The number of rotatable bonds is 6. The second-order valence-electron chi connectivity index (χ2n) is 5.58. The topological polar surface area (TPSA) is 149 Å². The number of sulfone groups is 2. The van der Waals surface area contributed by atoms with E-state index < -0.39 is 49.5 Å². The molecule has 2 aromatic rings. The highest BCUT2D eigenvalue weighted by molar-refractivity contribution is 8.04. The van der Waals surface area contributed by atoms with Crippen molar-refractivity contribution in [3.8, 4) is 0 Å². The Morgan fingerprint density at radius 3 is 0.926 bits per heavy atom. The Hall–Kier alpha value is -1.80. The highest BCUT2D eigenvalue weighted by Crippen LogP contribution is 2.18. The monoisotopic (exact) mass is 453 g/mol. The van der Waals surface area contributed by atoms with Crippen LogP contribution in [0.25, 0.3) is 0 Å². The van der Waals surface area contributed by atoms with Crippen molar-refractivity contribution in [2.24, 2.45) is 0 Å². The third-order valence-corrected chi connectivity index (χ3v) is 9.14. The second-order valence-corrected chi connectivity index (χ2v) is 13.2. The average Bonchev–Trinajstić information content (AvgIpc) is 2.52. The quantitative estimate of drug-likeness (QED) is 0.650. The normalized spacial score (nSPS) is 13.4. The summed E-state index contributed by atoms with van der Waals surface area (Å²) in [7, 11) is -16.1. The average molecular weight is 454 g/mol. The van der Waals surface area contributed by atoms with E-state index in [0.29, 0.717) is 0 Å². The molecule has 0 aromatic heterocycles. The summed E-state index contributed by atoms with van der Waals surface area (Å²) in [5, 5.41) is 0. The molecule has 0 saturated heterocycles. The van der Waals surface area contributed by atoms with Crippen LogP contribution in [0.2, 0.25) is 0 Å². The molecule has 2 rings (SSSR count). The first-order valence-corrected chi connectivity index (χ1v) is 13.8. The number of sulfonamides is 2. The fraction of sp³-hybridized carbons (Fsp3) is 0.143. The molecular weight excluding hydrogens is 438 g/mol. The van der Waals surface area contributed by atoms with Gasteiger partial charge in [-0.3, -0.25) is 0 Å². The van der Waals surface area contributed by atoms with E-state index in [1.165, 1.54) is 4.13 Å². The maximum atomic E-state index is 12.3. The van der Waals surface area contributed by atoms with Crippen molar-refractivity contribution >= 4 is 39.7 Å². The van der Waals surface area contributed by atoms with Crippen molar-refractivity contribution in [3.05, 3.63) is 48.5 Å². The van der Waals surface area contributed by atoms with Crippen LogP contribution in [-0.2, 0) is 39.7 Å². The number of benzene rings is 2. The van der Waals surface area contributed by atoms with E-state index in [-0.39, 0.29) is 9.79 Å². The fourth-order valence-electron chi connectivity index (χ4n) is 1.97. The van der Waals surface area contributed by atoms with Gasteiger partial charge in [0.2, 0.25) is 0 Å². The minimum absolute atomic E-state index is 0.124. The van der Waals surface area contributed by atoms with Crippen LogP contribution >= 0.6 is 0 Å². The Bertz CT molecular complexity index is 1170. The van der Waals surface area contributed by atoms with Gasteiger partial charge in [-0.15, -0.1) is 4.13 Å². The SMILES string of the molecule is CS(=O)(=O)c1ccc(S(=O)(=O)NS(=O)(=O)c2ccc(S(C)(=O)=O)cc2)cc1. The number of nitrogens with one attached hydrogen (secondary N) is 1. The van der Waals surface area contributed by atoms with Gasteiger partial charge in [-0.2, -0.15) is 0 Å². The standard InChI is InChI=1S/C14H15NO8S4/c1-24(16,17)11-3-7-13(8-4-11)26(20,21)15-27(22,23)14-9-5-12(6-10-14)25(2,18)19/h3-10,15H,1-2H3. The molecule has 0 aliphatic rings. The van der Waals surface area contributed by atoms with Crippen LogP contribution in [0, 0.1) is 0 Å². The Balaban J connectivity index is 2.36. The molecule has 0 saturated carbocycles. The Kier molecular flexibility index (Phi) is 5.56. The molecular formula is C14H15NO8S4. The van der Waals surface area contributed by atoms with Crippen molar-refractivity contribution in [1.82, 2.24) is 4.13 Å². The molecule has 9 nitrogen and oxygen atoms in total. The van der Waals surface area contributed by atoms with E-state index in [1.807, 2.05) is 0 Å². The third kappa shape index (κ3) is 5.13. The Labute approximate surface area is 158 Å². The molecule has 0 atom stereocenters. The van der Waals surface area contributed by atoms with Crippen molar-refractivity contribution in [2.45, 2.75) is 19.6 Å². The van der Waals surface area contributed by atoms with Crippen LogP contribution in [0.3, 0.4) is 0 Å². The molecule has 0 aliphatic heterocycles. The van der Waals surface area contributed by atoms with E-state index >= 15 is 0 Å². The molecule has 13 heteroatoms. The lowest BCUT2D eigenvalue weighted by atomic mass is 10.4. The summed E-state index contributed by atoms with van der Waals surface area (Å²) in [5.41, 5.74) is 0. The molecule has 148 valence electrons. The van der Waals surface area contributed by atoms with Crippen LogP contribution in [0.1, 0.15) is 0 Å². The molecule has 1 N–H and O–H groups in total. The molecule has 0 spiro atoms. The van der Waals surface area contributed by atoms with E-state index in [9.17, 15) is 33.7 Å². The number of hydrogen-bond donors (Lipinski definition) is 1. The van der Waals surface area contributed by atoms with Crippen LogP contribution < -0.4 is 4.13 Å². The first-order valence-electron chi connectivity index (χ1n) is 7.02. The van der Waals surface area contributed by atoms with Gasteiger partial charge in [0.05, 0.1) is 19.6 Å². The van der Waals surface area contributed by atoms with Gasteiger partial charge in [0.15, 0.2) is 19.7 Å². The lowest BCUT2D eigenvalue weighted by Gasteiger charge is -2.09. The van der Waals surface area contributed by atoms with Gasteiger partial charge >= 0.3 is 0 Å². The minimum Gasteiger partial charge on any atom is -0.224 e. The largest absolute Gasteiger partial charge is 0.253 e. The van der Waals surface area contributed by atoms with E-state index in [1.54, 1.807) is 0 Å². The van der Waals surface area contributed by atoms with Crippen LogP contribution in [0.5, 0.6) is 0 Å². The Morgan fingerprint density at radius 1 is 0.481 bits per heavy atom. The van der Waals surface area contributed by atoms with Gasteiger partial charge in [-0.05, 0) is 48.5 Å². The molecule has 0 aliphatic carbocycles. The van der Waals surface area contributed by atoms with E-state index in [2.05, 4.69) is 0 Å². The van der Waals surface area contributed by atoms with Gasteiger partial charge < -0.3 is 0 Å². The van der Waals surface area contributed by atoms with Crippen molar-refractivity contribution in [3.63, 3.8) is 0 Å². The predicted octanol–water partition coefficient (Wildman–Crippen LogP) is 0.161. The summed E-state index contributed by atoms with van der Waals surface area (Å²) < 4.78 is 96.2. The summed E-state index contributed by atoms with van der Waals surface area (Å²) in [4.78, 5) is -1.15. The molecule has 27 heavy (non-hydrogen) atoms. The van der Waals surface area contributed by atoms with Crippen LogP contribution in [0.15, 0.2) is 68.1 Å². The van der Waals surface area contributed by atoms with Crippen LogP contribution in [0.4, 0.5) is 0 Å². The van der Waals surface area contributed by atoms with Gasteiger partial charge in [0, 0.05) is 12.5 Å². The summed E-state index contributed by atoms with van der Waals surface area (Å²) in [6.45, 7) is 0. The summed E-state index contributed by atoms with van der Waals surface area (Å²) in [5.74, 6) is 0.